The lowest BCUT2D eigenvalue weighted by Gasteiger charge is -2.15. The molecule has 106 valence electrons. The number of aryl methyl sites for hydroxylation is 1. The van der Waals surface area contributed by atoms with Gasteiger partial charge in [-0.1, -0.05) is 48.0 Å². The molecular weight excluding hydrogens is 282 g/mol. The predicted molar refractivity (Wildman–Crippen MR) is 85.8 cm³/mol. The molecule has 0 fully saturated rings. The highest BCUT2D eigenvalue weighted by Gasteiger charge is 2.14. The van der Waals surface area contributed by atoms with Crippen molar-refractivity contribution in [3.8, 4) is 5.69 Å². The number of benzene rings is 2. The Morgan fingerprint density at radius 3 is 2.62 bits per heavy atom. The Balaban J connectivity index is 2.03. The molecule has 0 bridgehead atoms. The fourth-order valence-electron chi connectivity index (χ4n) is 2.31. The molecule has 3 rings (SSSR count). The smallest absolute Gasteiger partial charge is 0.0994 e. The molecule has 0 aliphatic rings. The second kappa shape index (κ2) is 5.72. The highest BCUT2D eigenvalue weighted by molar-refractivity contribution is 6.31. The summed E-state index contributed by atoms with van der Waals surface area (Å²) in [5.74, 6) is 0. The van der Waals surface area contributed by atoms with Crippen molar-refractivity contribution in [3.05, 3.63) is 82.9 Å². The number of halogens is 1. The van der Waals surface area contributed by atoms with Crippen molar-refractivity contribution in [3.63, 3.8) is 0 Å². The largest absolute Gasteiger partial charge is 0.319 e. The van der Waals surface area contributed by atoms with Crippen LogP contribution in [0.3, 0.4) is 0 Å². The lowest BCUT2D eigenvalue weighted by Crippen LogP contribution is -2.15. The molecule has 3 aromatic rings. The number of aromatic nitrogens is 2. The Morgan fingerprint density at radius 1 is 1.14 bits per heavy atom. The van der Waals surface area contributed by atoms with Crippen LogP contribution in [0.1, 0.15) is 22.9 Å². The van der Waals surface area contributed by atoms with Crippen molar-refractivity contribution in [1.29, 1.82) is 0 Å². The zero-order chi connectivity index (χ0) is 14.8. The summed E-state index contributed by atoms with van der Waals surface area (Å²) < 4.78 is 1.98. The van der Waals surface area contributed by atoms with E-state index in [2.05, 4.69) is 4.98 Å². The summed E-state index contributed by atoms with van der Waals surface area (Å²) >= 11 is 6.21. The Bertz CT molecular complexity index is 750. The first-order valence-electron chi connectivity index (χ1n) is 6.76. The van der Waals surface area contributed by atoms with Crippen LogP contribution in [0.15, 0.2) is 61.1 Å². The third-order valence-corrected chi connectivity index (χ3v) is 3.99. The fraction of sp³-hybridized carbons (Fsp3) is 0.118. The van der Waals surface area contributed by atoms with Gasteiger partial charge in [-0.2, -0.15) is 0 Å². The number of imidazole rings is 1. The van der Waals surface area contributed by atoms with E-state index in [4.69, 9.17) is 17.3 Å². The van der Waals surface area contributed by atoms with E-state index in [1.807, 2.05) is 60.0 Å². The Kier molecular flexibility index (Phi) is 3.78. The topological polar surface area (TPSA) is 43.8 Å². The molecule has 1 unspecified atom stereocenters. The van der Waals surface area contributed by atoms with E-state index in [1.165, 1.54) is 0 Å². The molecule has 0 saturated carbocycles. The fourth-order valence-corrected chi connectivity index (χ4v) is 2.49. The second-order valence-electron chi connectivity index (χ2n) is 5.01. The van der Waals surface area contributed by atoms with Crippen LogP contribution >= 0.6 is 11.6 Å². The molecule has 0 aliphatic heterocycles. The first-order valence-corrected chi connectivity index (χ1v) is 7.14. The van der Waals surface area contributed by atoms with E-state index in [9.17, 15) is 0 Å². The third kappa shape index (κ3) is 2.71. The summed E-state index contributed by atoms with van der Waals surface area (Å²) in [5.41, 5.74) is 10.4. The van der Waals surface area contributed by atoms with Crippen LogP contribution in [0.2, 0.25) is 5.02 Å². The van der Waals surface area contributed by atoms with Gasteiger partial charge >= 0.3 is 0 Å². The highest BCUT2D eigenvalue weighted by Crippen LogP contribution is 2.24. The summed E-state index contributed by atoms with van der Waals surface area (Å²) in [6.07, 6.45) is 3.56. The lowest BCUT2D eigenvalue weighted by atomic mass is 10.1. The van der Waals surface area contributed by atoms with Gasteiger partial charge in [0.1, 0.15) is 0 Å². The van der Waals surface area contributed by atoms with Crippen molar-refractivity contribution in [2.75, 3.05) is 0 Å². The molecule has 2 N–H and O–H groups in total. The zero-order valence-electron chi connectivity index (χ0n) is 11.7. The van der Waals surface area contributed by atoms with E-state index < -0.39 is 0 Å². The summed E-state index contributed by atoms with van der Waals surface area (Å²) in [7, 11) is 0. The normalized spacial score (nSPS) is 12.3. The van der Waals surface area contributed by atoms with Gasteiger partial charge in [-0.15, -0.1) is 0 Å². The molecule has 3 nitrogen and oxygen atoms in total. The van der Waals surface area contributed by atoms with E-state index in [1.54, 1.807) is 12.5 Å². The van der Waals surface area contributed by atoms with Crippen molar-refractivity contribution in [2.45, 2.75) is 13.0 Å². The minimum Gasteiger partial charge on any atom is -0.319 e. The van der Waals surface area contributed by atoms with Gasteiger partial charge in [-0.25, -0.2) is 4.98 Å². The summed E-state index contributed by atoms with van der Waals surface area (Å²) in [6.45, 7) is 1.98. The van der Waals surface area contributed by atoms with Crippen LogP contribution in [0.4, 0.5) is 0 Å². The quantitative estimate of drug-likeness (QED) is 0.797. The Morgan fingerprint density at radius 2 is 1.90 bits per heavy atom. The number of hydrogen-bond donors (Lipinski definition) is 1. The van der Waals surface area contributed by atoms with Crippen molar-refractivity contribution < 1.29 is 0 Å². The molecule has 0 radical (unpaired) electrons. The highest BCUT2D eigenvalue weighted by atomic mass is 35.5. The maximum atomic E-state index is 6.37. The first kappa shape index (κ1) is 13.9. The maximum Gasteiger partial charge on any atom is 0.0994 e. The van der Waals surface area contributed by atoms with Crippen LogP contribution in [-0.4, -0.2) is 9.55 Å². The van der Waals surface area contributed by atoms with Gasteiger partial charge in [0.25, 0.3) is 0 Å². The molecule has 0 amide bonds. The monoisotopic (exact) mass is 297 g/mol. The molecule has 1 heterocycles. The van der Waals surface area contributed by atoms with Crippen LogP contribution in [-0.2, 0) is 0 Å². The van der Waals surface area contributed by atoms with E-state index in [0.717, 1.165) is 27.5 Å². The van der Waals surface area contributed by atoms with Gasteiger partial charge < -0.3 is 10.3 Å². The minimum atomic E-state index is -0.228. The number of hydrogen-bond acceptors (Lipinski definition) is 2. The van der Waals surface area contributed by atoms with Crippen molar-refractivity contribution >= 4 is 11.6 Å². The van der Waals surface area contributed by atoms with Gasteiger partial charge in [-0.05, 0) is 30.2 Å². The van der Waals surface area contributed by atoms with E-state index in [-0.39, 0.29) is 6.04 Å². The Hall–Kier alpha value is -2.10. The van der Waals surface area contributed by atoms with E-state index in [0.29, 0.717) is 0 Å². The number of nitrogens with zero attached hydrogens (tertiary/aromatic N) is 2. The maximum absolute atomic E-state index is 6.37. The molecule has 0 aliphatic carbocycles. The van der Waals surface area contributed by atoms with Crippen LogP contribution in [0.25, 0.3) is 5.69 Å². The van der Waals surface area contributed by atoms with Gasteiger partial charge in [0.2, 0.25) is 0 Å². The molecule has 1 atom stereocenters. The summed E-state index contributed by atoms with van der Waals surface area (Å²) in [4.78, 5) is 4.24. The molecule has 4 heteroatoms. The van der Waals surface area contributed by atoms with Crippen molar-refractivity contribution in [2.24, 2.45) is 5.73 Å². The second-order valence-corrected chi connectivity index (χ2v) is 5.42. The van der Waals surface area contributed by atoms with Gasteiger partial charge in [-0.3, -0.25) is 0 Å². The average molecular weight is 298 g/mol. The summed E-state index contributed by atoms with van der Waals surface area (Å²) in [6, 6.07) is 15.7. The molecular formula is C17H16ClN3. The third-order valence-electron chi connectivity index (χ3n) is 3.58. The van der Waals surface area contributed by atoms with Crippen molar-refractivity contribution in [1.82, 2.24) is 9.55 Å². The summed E-state index contributed by atoms with van der Waals surface area (Å²) in [5, 5.41) is 0.737. The molecule has 1 aromatic heterocycles. The molecule has 0 saturated heterocycles. The minimum absolute atomic E-state index is 0.228. The average Bonchev–Trinajstić information content (AvgIpc) is 2.99. The van der Waals surface area contributed by atoms with Gasteiger partial charge in [0.05, 0.1) is 24.3 Å². The van der Waals surface area contributed by atoms with Crippen LogP contribution in [0.5, 0.6) is 0 Å². The first-order chi connectivity index (χ1) is 10.2. The molecule has 2 aromatic carbocycles. The predicted octanol–water partition coefficient (Wildman–Crippen LogP) is 3.88. The number of rotatable bonds is 3. The van der Waals surface area contributed by atoms with Gasteiger partial charge in [0.15, 0.2) is 0 Å². The lowest BCUT2D eigenvalue weighted by molar-refractivity contribution is 0.793. The van der Waals surface area contributed by atoms with E-state index >= 15 is 0 Å². The Labute approximate surface area is 129 Å². The molecule has 0 spiro atoms. The molecule has 21 heavy (non-hydrogen) atoms. The number of nitrogens with two attached hydrogens (primary N) is 1. The standard InChI is InChI=1S/C17H16ClN3/c1-12-7-8-14(9-15(12)18)21-11-20-10-16(21)17(19)13-5-3-2-4-6-13/h2-11,17H,19H2,1H3. The van der Waals surface area contributed by atoms with Crippen LogP contribution < -0.4 is 5.73 Å². The zero-order valence-corrected chi connectivity index (χ0v) is 12.5. The van der Waals surface area contributed by atoms with Gasteiger partial charge in [0, 0.05) is 10.7 Å². The van der Waals surface area contributed by atoms with Crippen LogP contribution in [0, 0.1) is 6.92 Å². The SMILES string of the molecule is Cc1ccc(-n2cncc2C(N)c2ccccc2)cc1Cl.